The highest BCUT2D eigenvalue weighted by atomic mass is 32.2. The largest absolute Gasteiger partial charge is 0.475 e. The smallest absolute Gasteiger partial charge is 0.371 e. The molecule has 0 aliphatic heterocycles. The van der Waals surface area contributed by atoms with Crippen molar-refractivity contribution in [2.75, 3.05) is 0 Å². The van der Waals surface area contributed by atoms with Crippen molar-refractivity contribution in [2.45, 2.75) is 10.9 Å². The molecule has 3 aromatic heterocycles. The van der Waals surface area contributed by atoms with Gasteiger partial charge < -0.3 is 9.52 Å². The van der Waals surface area contributed by atoms with Gasteiger partial charge in [0.15, 0.2) is 5.82 Å². The number of hydrogen-bond acceptors (Lipinski definition) is 6. The number of nitrogens with zero attached hydrogens (tertiary/aromatic N) is 3. The summed E-state index contributed by atoms with van der Waals surface area (Å²) >= 11 is 1.36. The summed E-state index contributed by atoms with van der Waals surface area (Å²) in [6.07, 6.45) is 3.36. The topological polar surface area (TPSA) is 105 Å². The second-order valence-electron chi connectivity index (χ2n) is 4.06. The van der Waals surface area contributed by atoms with Gasteiger partial charge in [-0.2, -0.15) is 0 Å². The van der Waals surface area contributed by atoms with E-state index in [0.29, 0.717) is 22.5 Å². The number of aromatic carboxylic acids is 1. The summed E-state index contributed by atoms with van der Waals surface area (Å²) in [5.74, 6) is 0.529. The summed E-state index contributed by atoms with van der Waals surface area (Å²) in [5, 5.41) is 16.3. The average molecular weight is 302 g/mol. The molecule has 0 spiro atoms. The number of carbonyl (C=O) groups is 1. The zero-order chi connectivity index (χ0) is 14.7. The second kappa shape index (κ2) is 5.80. The van der Waals surface area contributed by atoms with Gasteiger partial charge in [-0.1, -0.05) is 11.8 Å². The number of pyridine rings is 1. The summed E-state index contributed by atoms with van der Waals surface area (Å²) in [6.45, 7) is 0. The highest BCUT2D eigenvalue weighted by Crippen LogP contribution is 2.23. The number of rotatable bonds is 5. The van der Waals surface area contributed by atoms with Gasteiger partial charge in [0.2, 0.25) is 10.9 Å². The Balaban J connectivity index is 1.66. The van der Waals surface area contributed by atoms with Crippen molar-refractivity contribution in [3.63, 3.8) is 0 Å². The Morgan fingerprint density at radius 1 is 1.29 bits per heavy atom. The lowest BCUT2D eigenvalue weighted by atomic mass is 10.3. The van der Waals surface area contributed by atoms with Crippen molar-refractivity contribution in [2.24, 2.45) is 0 Å². The first-order valence-electron chi connectivity index (χ1n) is 6.00. The molecular formula is C13H10N4O3S. The maximum absolute atomic E-state index is 10.7. The first-order valence-corrected chi connectivity index (χ1v) is 6.98. The Hall–Kier alpha value is -2.61. The number of carboxylic acids is 1. The fraction of sp³-hybridized carbons (Fsp3) is 0.0769. The molecule has 3 aromatic rings. The van der Waals surface area contributed by atoms with Crippen LogP contribution in [0.2, 0.25) is 0 Å². The van der Waals surface area contributed by atoms with Gasteiger partial charge in [0.25, 0.3) is 0 Å². The van der Waals surface area contributed by atoms with E-state index in [-0.39, 0.29) is 5.76 Å². The number of aromatic nitrogens is 4. The van der Waals surface area contributed by atoms with Gasteiger partial charge in [0.1, 0.15) is 5.76 Å². The lowest BCUT2D eigenvalue weighted by molar-refractivity contribution is 0.0661. The molecule has 7 nitrogen and oxygen atoms in total. The molecule has 0 aliphatic carbocycles. The molecule has 0 amide bonds. The van der Waals surface area contributed by atoms with Gasteiger partial charge >= 0.3 is 5.97 Å². The van der Waals surface area contributed by atoms with Gasteiger partial charge in [0, 0.05) is 18.0 Å². The molecule has 0 atom stereocenters. The summed E-state index contributed by atoms with van der Waals surface area (Å²) in [6, 6.07) is 6.73. The van der Waals surface area contributed by atoms with Crippen LogP contribution in [0.5, 0.6) is 0 Å². The molecule has 0 fully saturated rings. The summed E-state index contributed by atoms with van der Waals surface area (Å²) in [7, 11) is 0. The maximum Gasteiger partial charge on any atom is 0.371 e. The third-order valence-corrected chi connectivity index (χ3v) is 3.50. The number of aromatic amines is 1. The predicted molar refractivity (Wildman–Crippen MR) is 74.8 cm³/mol. The summed E-state index contributed by atoms with van der Waals surface area (Å²) < 4.78 is 5.16. The minimum absolute atomic E-state index is 0.0712. The lowest BCUT2D eigenvalue weighted by Gasteiger charge is -1.93. The van der Waals surface area contributed by atoms with Crippen molar-refractivity contribution in [1.29, 1.82) is 0 Å². The Labute approximate surface area is 123 Å². The van der Waals surface area contributed by atoms with Crippen molar-refractivity contribution in [3.05, 3.63) is 48.2 Å². The number of furan rings is 1. The number of thioether (sulfide) groups is 1. The normalized spacial score (nSPS) is 10.7. The molecule has 2 N–H and O–H groups in total. The molecule has 0 aliphatic rings. The average Bonchev–Trinajstić information content (AvgIpc) is 3.15. The number of nitrogens with one attached hydrogen (secondary N) is 1. The molecule has 106 valence electrons. The van der Waals surface area contributed by atoms with Crippen LogP contribution in [0.4, 0.5) is 0 Å². The van der Waals surface area contributed by atoms with Crippen LogP contribution in [0.25, 0.3) is 11.4 Å². The van der Waals surface area contributed by atoms with Crippen LogP contribution in [-0.4, -0.2) is 31.2 Å². The van der Waals surface area contributed by atoms with Crippen molar-refractivity contribution in [1.82, 2.24) is 20.2 Å². The van der Waals surface area contributed by atoms with Crippen LogP contribution in [0, 0.1) is 0 Å². The minimum Gasteiger partial charge on any atom is -0.475 e. The number of H-pyrrole nitrogens is 1. The van der Waals surface area contributed by atoms with Crippen LogP contribution >= 0.6 is 11.8 Å². The molecule has 0 unspecified atom stereocenters. The van der Waals surface area contributed by atoms with Crippen molar-refractivity contribution >= 4 is 17.7 Å². The van der Waals surface area contributed by atoms with Crippen LogP contribution in [-0.2, 0) is 5.75 Å². The Kier molecular flexibility index (Phi) is 3.69. The molecule has 21 heavy (non-hydrogen) atoms. The van der Waals surface area contributed by atoms with Crippen LogP contribution in [0.3, 0.4) is 0 Å². The Morgan fingerprint density at radius 2 is 2.10 bits per heavy atom. The van der Waals surface area contributed by atoms with Gasteiger partial charge in [-0.25, -0.2) is 9.78 Å². The zero-order valence-corrected chi connectivity index (χ0v) is 11.5. The van der Waals surface area contributed by atoms with Gasteiger partial charge in [-0.3, -0.25) is 10.1 Å². The molecule has 3 heterocycles. The number of carboxylic acid groups (broad SMARTS) is 1. The van der Waals surface area contributed by atoms with E-state index < -0.39 is 5.97 Å². The Bertz CT molecular complexity index is 754. The SMILES string of the molecule is O=C(O)c1ccc(CSc2n[nH]c(-c3ccncc3)n2)o1. The molecule has 3 rings (SSSR count). The summed E-state index contributed by atoms with van der Waals surface area (Å²) in [5.41, 5.74) is 0.899. The molecule has 0 aromatic carbocycles. The predicted octanol–water partition coefficient (Wildman–Crippen LogP) is 2.45. The zero-order valence-electron chi connectivity index (χ0n) is 10.7. The van der Waals surface area contributed by atoms with Crippen molar-refractivity contribution < 1.29 is 14.3 Å². The third kappa shape index (κ3) is 3.11. The van der Waals surface area contributed by atoms with E-state index in [0.717, 1.165) is 5.56 Å². The van der Waals surface area contributed by atoms with Crippen LogP contribution < -0.4 is 0 Å². The molecule has 8 heteroatoms. The molecule has 0 radical (unpaired) electrons. The molecule has 0 saturated carbocycles. The standard InChI is InChI=1S/C13H10N4O3S/c18-12(19)10-2-1-9(20-10)7-21-13-15-11(16-17-13)8-3-5-14-6-4-8/h1-6H,7H2,(H,18,19)(H,15,16,17). The molecule has 0 saturated heterocycles. The molecule has 0 bridgehead atoms. The second-order valence-corrected chi connectivity index (χ2v) is 5.00. The van der Waals surface area contributed by atoms with Crippen LogP contribution in [0.1, 0.15) is 16.3 Å². The highest BCUT2D eigenvalue weighted by Gasteiger charge is 2.11. The van der Waals surface area contributed by atoms with E-state index in [1.807, 2.05) is 12.1 Å². The van der Waals surface area contributed by atoms with E-state index in [1.54, 1.807) is 18.5 Å². The summed E-state index contributed by atoms with van der Waals surface area (Å²) in [4.78, 5) is 19.0. The van der Waals surface area contributed by atoms with Gasteiger partial charge in [-0.15, -0.1) is 5.10 Å². The van der Waals surface area contributed by atoms with Crippen molar-refractivity contribution in [3.8, 4) is 11.4 Å². The van der Waals surface area contributed by atoms with Crippen LogP contribution in [0.15, 0.2) is 46.2 Å². The minimum atomic E-state index is -1.08. The number of hydrogen-bond donors (Lipinski definition) is 2. The lowest BCUT2D eigenvalue weighted by Crippen LogP contribution is -1.91. The first-order chi connectivity index (χ1) is 10.2. The first kappa shape index (κ1) is 13.4. The van der Waals surface area contributed by atoms with Gasteiger partial charge in [0.05, 0.1) is 5.75 Å². The monoisotopic (exact) mass is 302 g/mol. The quantitative estimate of drug-likeness (QED) is 0.697. The van der Waals surface area contributed by atoms with E-state index in [2.05, 4.69) is 20.2 Å². The maximum atomic E-state index is 10.7. The van der Waals surface area contributed by atoms with E-state index in [1.165, 1.54) is 17.8 Å². The Morgan fingerprint density at radius 3 is 2.81 bits per heavy atom. The highest BCUT2D eigenvalue weighted by molar-refractivity contribution is 7.98. The van der Waals surface area contributed by atoms with E-state index in [9.17, 15) is 4.79 Å². The third-order valence-electron chi connectivity index (χ3n) is 2.63. The fourth-order valence-corrected chi connectivity index (χ4v) is 2.35. The fourth-order valence-electron chi connectivity index (χ4n) is 1.66. The van der Waals surface area contributed by atoms with Gasteiger partial charge in [-0.05, 0) is 24.3 Å². The van der Waals surface area contributed by atoms with E-state index in [4.69, 9.17) is 9.52 Å². The molecular weight excluding hydrogens is 292 g/mol. The van der Waals surface area contributed by atoms with E-state index >= 15 is 0 Å².